The van der Waals surface area contributed by atoms with Crippen LogP contribution in [0.5, 0.6) is 0 Å². The van der Waals surface area contributed by atoms with Crippen molar-refractivity contribution in [1.29, 1.82) is 0 Å². The number of anilines is 2. The number of nitrogens with zero attached hydrogens (tertiary/aromatic N) is 3. The summed E-state index contributed by atoms with van der Waals surface area (Å²) in [6.45, 7) is 10.5. The number of carbonyl (C=O) groups is 1. The van der Waals surface area contributed by atoms with Crippen LogP contribution in [0.1, 0.15) is 65.5 Å². The van der Waals surface area contributed by atoms with E-state index >= 15 is 0 Å². The van der Waals surface area contributed by atoms with E-state index in [9.17, 15) is 14.7 Å². The number of fused-ring (bicyclic) bond motifs is 1. The lowest BCUT2D eigenvalue weighted by Gasteiger charge is -2.42. The van der Waals surface area contributed by atoms with Crippen molar-refractivity contribution in [3.8, 4) is 0 Å². The van der Waals surface area contributed by atoms with E-state index in [0.717, 1.165) is 23.2 Å². The van der Waals surface area contributed by atoms with Gasteiger partial charge in [-0.1, -0.05) is 19.1 Å². The summed E-state index contributed by atoms with van der Waals surface area (Å²) in [5, 5.41) is 18.5. The van der Waals surface area contributed by atoms with Gasteiger partial charge in [0.1, 0.15) is 11.0 Å². The van der Waals surface area contributed by atoms with Gasteiger partial charge in [0, 0.05) is 25.0 Å². The number of hydrogen-bond donors (Lipinski definition) is 3. The molecule has 0 saturated carbocycles. The zero-order chi connectivity index (χ0) is 25.4. The molecular weight excluding hydrogens is 446 g/mol. The number of aromatic amines is 1. The molecule has 1 amide bonds. The average Bonchev–Trinajstić information content (AvgIpc) is 3.18. The van der Waals surface area contributed by atoms with Crippen LogP contribution in [0, 0.1) is 0 Å². The van der Waals surface area contributed by atoms with Gasteiger partial charge < -0.3 is 25.0 Å². The van der Waals surface area contributed by atoms with Crippen LogP contribution in [0.3, 0.4) is 0 Å². The molecule has 188 valence electrons. The second-order valence-electron chi connectivity index (χ2n) is 10.3. The summed E-state index contributed by atoms with van der Waals surface area (Å²) >= 11 is 0. The number of benzene rings is 1. The molecule has 3 aromatic rings. The van der Waals surface area contributed by atoms with Crippen molar-refractivity contribution in [2.45, 2.75) is 71.1 Å². The van der Waals surface area contributed by atoms with Gasteiger partial charge in [-0.15, -0.1) is 0 Å². The summed E-state index contributed by atoms with van der Waals surface area (Å²) in [7, 11) is 0. The Hall–Kier alpha value is -3.33. The summed E-state index contributed by atoms with van der Waals surface area (Å²) in [4.78, 5) is 29.9. The predicted molar refractivity (Wildman–Crippen MR) is 136 cm³/mol. The molecule has 1 aliphatic heterocycles. The zero-order valence-corrected chi connectivity index (χ0v) is 21.1. The number of aliphatic hydroxyl groups excluding tert-OH is 1. The Kier molecular flexibility index (Phi) is 6.64. The molecule has 0 bridgehead atoms. The minimum Gasteiger partial charge on any atom is -0.444 e. The van der Waals surface area contributed by atoms with Crippen LogP contribution < -0.4 is 10.9 Å². The van der Waals surface area contributed by atoms with Gasteiger partial charge >= 0.3 is 6.09 Å². The SMILES string of the molecule is CCC1(n2nc(Nc3ccc(C(C)O)cc3)c3c(=O)[nH]ccc32)CCN(C(=O)OC(C)(C)C)CC1. The van der Waals surface area contributed by atoms with Gasteiger partial charge in [-0.2, -0.15) is 5.10 Å². The molecule has 35 heavy (non-hydrogen) atoms. The minimum absolute atomic E-state index is 0.214. The van der Waals surface area contributed by atoms with E-state index in [4.69, 9.17) is 9.84 Å². The average molecular weight is 482 g/mol. The number of rotatable bonds is 5. The van der Waals surface area contributed by atoms with Crippen molar-refractivity contribution < 1.29 is 14.6 Å². The first kappa shape index (κ1) is 24.8. The Labute approximate surface area is 205 Å². The number of piperidine rings is 1. The standard InChI is InChI=1S/C26H35N5O4/c1-6-26(12-15-30(16-13-26)24(34)35-25(3,4)5)31-20-11-14-27-23(33)21(20)22(29-31)28-19-9-7-18(8-10-19)17(2)32/h7-11,14,17,32H,6,12-13,15-16H2,1-5H3,(H,27,33)(H,28,29). The molecule has 0 radical (unpaired) electrons. The summed E-state index contributed by atoms with van der Waals surface area (Å²) in [5.74, 6) is 0.481. The van der Waals surface area contributed by atoms with Crippen LogP contribution >= 0.6 is 0 Å². The van der Waals surface area contributed by atoms with Crippen molar-refractivity contribution in [1.82, 2.24) is 19.7 Å². The molecule has 9 heteroatoms. The molecule has 3 heterocycles. The molecule has 0 aliphatic carbocycles. The van der Waals surface area contributed by atoms with Gasteiger partial charge in [-0.25, -0.2) is 4.79 Å². The smallest absolute Gasteiger partial charge is 0.410 e. The number of amides is 1. The van der Waals surface area contributed by atoms with E-state index in [-0.39, 0.29) is 17.2 Å². The molecule has 1 aliphatic rings. The maximum Gasteiger partial charge on any atom is 0.410 e. The quantitative estimate of drug-likeness (QED) is 0.489. The highest BCUT2D eigenvalue weighted by molar-refractivity contribution is 5.91. The number of likely N-dealkylation sites (tertiary alicyclic amines) is 1. The van der Waals surface area contributed by atoms with Gasteiger partial charge in [0.2, 0.25) is 0 Å². The van der Waals surface area contributed by atoms with Gasteiger partial charge in [0.25, 0.3) is 5.56 Å². The molecule has 1 aromatic carbocycles. The largest absolute Gasteiger partial charge is 0.444 e. The number of ether oxygens (including phenoxy) is 1. The predicted octanol–water partition coefficient (Wildman–Crippen LogP) is 4.66. The Morgan fingerprint density at radius 2 is 1.89 bits per heavy atom. The van der Waals surface area contributed by atoms with Crippen LogP contribution in [0.2, 0.25) is 0 Å². The fraction of sp³-hybridized carbons (Fsp3) is 0.500. The van der Waals surface area contributed by atoms with Gasteiger partial charge in [0.15, 0.2) is 5.82 Å². The van der Waals surface area contributed by atoms with E-state index in [2.05, 4.69) is 17.2 Å². The zero-order valence-electron chi connectivity index (χ0n) is 21.1. The molecule has 0 spiro atoms. The van der Waals surface area contributed by atoms with E-state index < -0.39 is 11.7 Å². The van der Waals surface area contributed by atoms with E-state index in [1.807, 2.05) is 55.8 Å². The fourth-order valence-electron chi connectivity index (χ4n) is 4.66. The summed E-state index contributed by atoms with van der Waals surface area (Å²) in [6.07, 6.45) is 3.00. The lowest BCUT2D eigenvalue weighted by atomic mass is 9.85. The van der Waals surface area contributed by atoms with Gasteiger partial charge in [0.05, 0.1) is 17.2 Å². The third-order valence-electron chi connectivity index (χ3n) is 6.71. The third-order valence-corrected chi connectivity index (χ3v) is 6.71. The highest BCUT2D eigenvalue weighted by atomic mass is 16.6. The number of hydrogen-bond acceptors (Lipinski definition) is 6. The number of H-pyrrole nitrogens is 1. The summed E-state index contributed by atoms with van der Waals surface area (Å²) in [6, 6.07) is 9.29. The number of nitrogens with one attached hydrogen (secondary N) is 2. The van der Waals surface area contributed by atoms with Crippen molar-refractivity contribution in [2.24, 2.45) is 0 Å². The van der Waals surface area contributed by atoms with Gasteiger partial charge in [-0.3, -0.25) is 9.48 Å². The Balaban J connectivity index is 1.65. The molecular formula is C26H35N5O4. The van der Waals surface area contributed by atoms with Crippen molar-refractivity contribution >= 4 is 28.5 Å². The van der Waals surface area contributed by atoms with E-state index in [0.29, 0.717) is 37.1 Å². The maximum atomic E-state index is 12.8. The lowest BCUT2D eigenvalue weighted by molar-refractivity contribution is 0.0101. The Morgan fingerprint density at radius 1 is 1.23 bits per heavy atom. The van der Waals surface area contributed by atoms with Crippen LogP contribution in [-0.4, -0.2) is 49.6 Å². The summed E-state index contributed by atoms with van der Waals surface area (Å²) < 4.78 is 7.53. The van der Waals surface area contributed by atoms with Crippen LogP contribution in [-0.2, 0) is 10.3 Å². The topological polar surface area (TPSA) is 112 Å². The number of carbonyl (C=O) groups excluding carboxylic acids is 1. The normalized spacial score (nSPS) is 16.8. The first-order valence-corrected chi connectivity index (χ1v) is 12.2. The van der Waals surface area contributed by atoms with Crippen molar-refractivity contribution in [3.63, 3.8) is 0 Å². The lowest BCUT2D eigenvalue weighted by Crippen LogP contribution is -2.49. The molecule has 1 atom stereocenters. The summed E-state index contributed by atoms with van der Waals surface area (Å²) in [5.41, 5.74) is 1.25. The second kappa shape index (κ2) is 9.37. The van der Waals surface area contributed by atoms with Crippen LogP contribution in [0.4, 0.5) is 16.3 Å². The third kappa shape index (κ3) is 5.05. The Bertz CT molecular complexity index is 1250. The molecule has 4 rings (SSSR count). The molecule has 2 aromatic heterocycles. The highest BCUT2D eigenvalue weighted by Crippen LogP contribution is 2.37. The molecule has 1 fully saturated rings. The number of aliphatic hydroxyl groups is 1. The second-order valence-corrected chi connectivity index (χ2v) is 10.3. The number of pyridine rings is 1. The monoisotopic (exact) mass is 481 g/mol. The minimum atomic E-state index is -0.553. The molecule has 9 nitrogen and oxygen atoms in total. The van der Waals surface area contributed by atoms with E-state index in [1.165, 1.54) is 0 Å². The Morgan fingerprint density at radius 3 is 2.46 bits per heavy atom. The fourth-order valence-corrected chi connectivity index (χ4v) is 4.66. The maximum absolute atomic E-state index is 12.8. The van der Waals surface area contributed by atoms with E-state index in [1.54, 1.807) is 18.0 Å². The van der Waals surface area contributed by atoms with Crippen molar-refractivity contribution in [3.05, 3.63) is 52.4 Å². The van der Waals surface area contributed by atoms with Crippen molar-refractivity contribution in [2.75, 3.05) is 18.4 Å². The molecule has 3 N–H and O–H groups in total. The van der Waals surface area contributed by atoms with Crippen LogP contribution in [0.25, 0.3) is 10.9 Å². The van der Waals surface area contributed by atoms with Crippen LogP contribution in [0.15, 0.2) is 41.3 Å². The first-order chi connectivity index (χ1) is 16.5. The molecule has 1 unspecified atom stereocenters. The molecule has 1 saturated heterocycles. The number of aromatic nitrogens is 3. The highest BCUT2D eigenvalue weighted by Gasteiger charge is 2.39. The van der Waals surface area contributed by atoms with Gasteiger partial charge in [-0.05, 0) is 70.7 Å². The first-order valence-electron chi connectivity index (χ1n) is 12.2.